The summed E-state index contributed by atoms with van der Waals surface area (Å²) in [4.78, 5) is 1.44. The number of hydrogen-bond donors (Lipinski definition) is 0. The van der Waals surface area contributed by atoms with Gasteiger partial charge in [0.05, 0.1) is 10.9 Å². The number of benzene rings is 3. The van der Waals surface area contributed by atoms with Crippen molar-refractivity contribution in [3.8, 4) is 0 Å². The largest absolute Gasteiger partial charge is 0.606 e. The van der Waals surface area contributed by atoms with Crippen molar-refractivity contribution in [1.82, 2.24) is 4.57 Å². The van der Waals surface area contributed by atoms with E-state index in [1.807, 2.05) is 77.4 Å². The molecule has 4 rings (SSSR count). The molecule has 1 aromatic heterocycles. The van der Waals surface area contributed by atoms with Gasteiger partial charge in [0.15, 0.2) is 10.0 Å². The highest BCUT2D eigenvalue weighted by molar-refractivity contribution is 7.91. The van der Waals surface area contributed by atoms with E-state index in [0.29, 0.717) is 16.6 Å². The summed E-state index contributed by atoms with van der Waals surface area (Å²) in [6.07, 6.45) is 0. The van der Waals surface area contributed by atoms with E-state index in [1.165, 1.54) is 0 Å². The van der Waals surface area contributed by atoms with Gasteiger partial charge in [0, 0.05) is 17.7 Å². The molecular formula is C21H16ClNOS. The molecule has 0 spiro atoms. The normalized spacial score (nSPS) is 12.4. The highest BCUT2D eigenvalue weighted by atomic mass is 35.5. The standard InChI is InChI=1S/C21H16ClNOS/c22-21-20(25(24)17-11-5-2-6-12-17)18-13-7-8-14-19(18)23(21)15-16-9-3-1-4-10-16/h1-14H,15H2. The maximum atomic E-state index is 13.2. The number of aromatic nitrogens is 1. The Hall–Kier alpha value is -2.20. The lowest BCUT2D eigenvalue weighted by molar-refractivity contribution is 0.595. The first kappa shape index (κ1) is 16.3. The molecule has 0 aliphatic carbocycles. The van der Waals surface area contributed by atoms with E-state index in [0.717, 1.165) is 21.4 Å². The van der Waals surface area contributed by atoms with Crippen LogP contribution in [0, 0.1) is 0 Å². The van der Waals surface area contributed by atoms with Crippen molar-refractivity contribution in [1.29, 1.82) is 0 Å². The van der Waals surface area contributed by atoms with Crippen LogP contribution in [-0.2, 0) is 17.7 Å². The van der Waals surface area contributed by atoms with Crippen LogP contribution in [0.25, 0.3) is 10.9 Å². The number of halogens is 1. The molecule has 0 bridgehead atoms. The minimum Gasteiger partial charge on any atom is -0.606 e. The van der Waals surface area contributed by atoms with E-state index < -0.39 is 11.2 Å². The molecule has 1 atom stereocenters. The van der Waals surface area contributed by atoms with E-state index in [-0.39, 0.29) is 0 Å². The Labute approximate surface area is 154 Å². The van der Waals surface area contributed by atoms with Gasteiger partial charge in [0.25, 0.3) is 0 Å². The van der Waals surface area contributed by atoms with E-state index in [2.05, 4.69) is 12.1 Å². The zero-order chi connectivity index (χ0) is 17.2. The molecule has 0 saturated heterocycles. The zero-order valence-electron chi connectivity index (χ0n) is 13.4. The minimum absolute atomic E-state index is 0.534. The lowest BCUT2D eigenvalue weighted by atomic mass is 10.2. The molecule has 0 aliphatic rings. The van der Waals surface area contributed by atoms with E-state index in [4.69, 9.17) is 11.6 Å². The number of rotatable bonds is 4. The Bertz CT molecular complexity index is 999. The van der Waals surface area contributed by atoms with Crippen molar-refractivity contribution in [3.05, 3.63) is 95.6 Å². The average molecular weight is 366 g/mol. The molecular weight excluding hydrogens is 350 g/mol. The Morgan fingerprint density at radius 2 is 1.40 bits per heavy atom. The Morgan fingerprint density at radius 3 is 2.12 bits per heavy atom. The second-order valence-electron chi connectivity index (χ2n) is 5.79. The summed E-state index contributed by atoms with van der Waals surface area (Å²) in [5.41, 5.74) is 2.15. The van der Waals surface area contributed by atoms with Crippen molar-refractivity contribution in [2.45, 2.75) is 16.3 Å². The predicted octanol–water partition coefficient (Wildman–Crippen LogP) is 5.51. The fourth-order valence-electron chi connectivity index (χ4n) is 3.00. The maximum Gasteiger partial charge on any atom is 0.203 e. The second kappa shape index (κ2) is 6.96. The molecule has 4 heteroatoms. The molecule has 0 N–H and O–H groups in total. The first-order chi connectivity index (χ1) is 12.3. The SMILES string of the molecule is [O-][S+](c1ccccc1)c1c(Cl)n(Cc2ccccc2)c2ccccc12. The molecule has 3 aromatic carbocycles. The summed E-state index contributed by atoms with van der Waals surface area (Å²) in [6, 6.07) is 27.5. The molecule has 1 unspecified atom stereocenters. The van der Waals surface area contributed by atoms with Gasteiger partial charge in [-0.05, 0) is 29.8 Å². The van der Waals surface area contributed by atoms with Crippen molar-refractivity contribution in [2.75, 3.05) is 0 Å². The van der Waals surface area contributed by atoms with Crippen LogP contribution in [0.15, 0.2) is 94.7 Å². The number of hydrogen-bond acceptors (Lipinski definition) is 1. The van der Waals surface area contributed by atoms with Crippen LogP contribution in [0.4, 0.5) is 0 Å². The summed E-state index contributed by atoms with van der Waals surface area (Å²) in [5, 5.41) is 1.47. The first-order valence-corrected chi connectivity index (χ1v) is 9.56. The molecule has 0 amide bonds. The number of nitrogens with zero attached hydrogens (tertiary/aromatic N) is 1. The second-order valence-corrected chi connectivity index (χ2v) is 7.57. The average Bonchev–Trinajstić information content (AvgIpc) is 2.95. The molecule has 0 saturated carbocycles. The predicted molar refractivity (Wildman–Crippen MR) is 104 cm³/mol. The first-order valence-electron chi connectivity index (χ1n) is 8.03. The van der Waals surface area contributed by atoms with Crippen LogP contribution in [-0.4, -0.2) is 9.12 Å². The monoisotopic (exact) mass is 365 g/mol. The molecule has 124 valence electrons. The molecule has 2 nitrogen and oxygen atoms in total. The van der Waals surface area contributed by atoms with Crippen LogP contribution >= 0.6 is 11.6 Å². The van der Waals surface area contributed by atoms with Gasteiger partial charge in [0.2, 0.25) is 4.90 Å². The Balaban J connectivity index is 1.87. The quantitative estimate of drug-likeness (QED) is 0.438. The summed E-state index contributed by atoms with van der Waals surface area (Å²) < 4.78 is 15.2. The molecule has 0 radical (unpaired) electrons. The van der Waals surface area contributed by atoms with Gasteiger partial charge < -0.3 is 9.12 Å². The lowest BCUT2D eigenvalue weighted by Crippen LogP contribution is -2.04. The van der Waals surface area contributed by atoms with Gasteiger partial charge in [-0.25, -0.2) is 0 Å². The molecule has 25 heavy (non-hydrogen) atoms. The van der Waals surface area contributed by atoms with Crippen molar-refractivity contribution < 1.29 is 4.55 Å². The van der Waals surface area contributed by atoms with Gasteiger partial charge in [-0.1, -0.05) is 72.3 Å². The molecule has 1 heterocycles. The van der Waals surface area contributed by atoms with Crippen LogP contribution < -0.4 is 0 Å². The maximum absolute atomic E-state index is 13.2. The van der Waals surface area contributed by atoms with Crippen LogP contribution in [0.5, 0.6) is 0 Å². The summed E-state index contributed by atoms with van der Waals surface area (Å²) >= 11 is 5.39. The van der Waals surface area contributed by atoms with E-state index in [1.54, 1.807) is 0 Å². The van der Waals surface area contributed by atoms with Gasteiger partial charge in [0.1, 0.15) is 0 Å². The summed E-state index contributed by atoms with van der Waals surface area (Å²) in [7, 11) is 0. The van der Waals surface area contributed by atoms with Crippen molar-refractivity contribution >= 4 is 33.7 Å². The van der Waals surface area contributed by atoms with Crippen LogP contribution in [0.2, 0.25) is 5.15 Å². The topological polar surface area (TPSA) is 28.0 Å². The Morgan fingerprint density at radius 1 is 0.800 bits per heavy atom. The van der Waals surface area contributed by atoms with Crippen LogP contribution in [0.1, 0.15) is 5.56 Å². The van der Waals surface area contributed by atoms with Gasteiger partial charge >= 0.3 is 0 Å². The molecule has 0 fully saturated rings. The lowest BCUT2D eigenvalue weighted by Gasteiger charge is -2.10. The van der Waals surface area contributed by atoms with Crippen molar-refractivity contribution in [2.24, 2.45) is 0 Å². The Kier molecular flexibility index (Phi) is 4.53. The highest BCUT2D eigenvalue weighted by Crippen LogP contribution is 2.37. The summed E-state index contributed by atoms with van der Waals surface area (Å²) in [5.74, 6) is 0. The smallest absolute Gasteiger partial charge is 0.203 e. The molecule has 0 aliphatic heterocycles. The van der Waals surface area contributed by atoms with E-state index >= 15 is 0 Å². The third-order valence-corrected chi connectivity index (χ3v) is 6.18. The number of para-hydroxylation sites is 1. The van der Waals surface area contributed by atoms with Crippen molar-refractivity contribution in [3.63, 3.8) is 0 Å². The molecule has 4 aromatic rings. The fraction of sp³-hybridized carbons (Fsp3) is 0.0476. The van der Waals surface area contributed by atoms with Gasteiger partial charge in [-0.3, -0.25) is 0 Å². The third-order valence-electron chi connectivity index (χ3n) is 4.19. The van der Waals surface area contributed by atoms with Crippen LogP contribution in [0.3, 0.4) is 0 Å². The minimum atomic E-state index is -1.32. The fourth-order valence-corrected chi connectivity index (χ4v) is 4.74. The number of fused-ring (bicyclic) bond motifs is 1. The highest BCUT2D eigenvalue weighted by Gasteiger charge is 2.27. The summed E-state index contributed by atoms with van der Waals surface area (Å²) in [6.45, 7) is 0.645. The van der Waals surface area contributed by atoms with E-state index in [9.17, 15) is 4.55 Å². The third kappa shape index (κ3) is 3.07. The zero-order valence-corrected chi connectivity index (χ0v) is 15.0. The van der Waals surface area contributed by atoms with Gasteiger partial charge in [-0.15, -0.1) is 0 Å². The van der Waals surface area contributed by atoms with Gasteiger partial charge in [-0.2, -0.15) is 0 Å².